The fraction of sp³-hybridized carbons (Fsp3) is 0.611. The van der Waals surface area contributed by atoms with Gasteiger partial charge in [0.15, 0.2) is 0 Å². The molecule has 1 saturated heterocycles. The first-order valence-corrected chi connectivity index (χ1v) is 11.4. The summed E-state index contributed by atoms with van der Waals surface area (Å²) in [5, 5.41) is 1.82. The van der Waals surface area contributed by atoms with Crippen molar-refractivity contribution in [3.05, 3.63) is 35.2 Å². The Bertz CT molecular complexity index is 815. The Balaban J connectivity index is 1.41. The summed E-state index contributed by atoms with van der Waals surface area (Å²) in [6.45, 7) is 4.35. The van der Waals surface area contributed by atoms with Crippen LogP contribution in [0.2, 0.25) is 0 Å². The Morgan fingerprint density at radius 2 is 2.00 bits per heavy atom. The highest BCUT2D eigenvalue weighted by molar-refractivity contribution is 7.91. The molecule has 1 saturated carbocycles. The molecular weight excluding hydrogens is 354 g/mol. The van der Waals surface area contributed by atoms with E-state index in [-0.39, 0.29) is 0 Å². The number of aromatic nitrogens is 2. The number of piperidine rings is 1. The fourth-order valence-electron chi connectivity index (χ4n) is 3.84. The van der Waals surface area contributed by atoms with Crippen LogP contribution in [-0.4, -0.2) is 35.4 Å². The van der Waals surface area contributed by atoms with Crippen molar-refractivity contribution < 1.29 is 8.42 Å². The number of thiophene rings is 1. The lowest BCUT2D eigenvalue weighted by Gasteiger charge is -2.32. The lowest BCUT2D eigenvalue weighted by molar-refractivity contribution is 0.247. The Morgan fingerprint density at radius 1 is 1.24 bits per heavy atom. The summed E-state index contributed by atoms with van der Waals surface area (Å²) in [6, 6.07) is 3.50. The van der Waals surface area contributed by atoms with Crippen LogP contribution in [0.15, 0.2) is 27.9 Å². The van der Waals surface area contributed by atoms with Crippen molar-refractivity contribution >= 4 is 21.4 Å². The minimum atomic E-state index is -3.30. The maximum Gasteiger partial charge on any atom is 0.252 e. The number of nitrogens with zero attached hydrogens (tertiary/aromatic N) is 3. The smallest absolute Gasteiger partial charge is 0.252 e. The summed E-state index contributed by atoms with van der Waals surface area (Å²) in [6.07, 6.45) is 7.67. The third-order valence-corrected chi connectivity index (χ3v) is 8.93. The van der Waals surface area contributed by atoms with Gasteiger partial charge in [0.2, 0.25) is 0 Å². The zero-order chi connectivity index (χ0) is 17.4. The Kier molecular flexibility index (Phi) is 4.73. The maximum atomic E-state index is 12.6. The predicted molar refractivity (Wildman–Crippen MR) is 99.4 cm³/mol. The molecule has 7 heteroatoms. The van der Waals surface area contributed by atoms with Gasteiger partial charge in [-0.25, -0.2) is 13.4 Å². The van der Waals surface area contributed by atoms with Crippen LogP contribution in [0.1, 0.15) is 49.5 Å². The molecule has 0 atom stereocenters. The fourth-order valence-corrected chi connectivity index (χ4v) is 6.45. The van der Waals surface area contributed by atoms with Crippen LogP contribution in [0.4, 0.5) is 0 Å². The molecule has 0 radical (unpaired) electrons. The molecular formula is C18H25N3O2S2. The summed E-state index contributed by atoms with van der Waals surface area (Å²) in [5.74, 6) is 2.41. The summed E-state index contributed by atoms with van der Waals surface area (Å²) >= 11 is 1.30. The first-order chi connectivity index (χ1) is 12.1. The molecule has 5 nitrogen and oxygen atoms in total. The maximum absolute atomic E-state index is 12.6. The zero-order valence-corrected chi connectivity index (χ0v) is 16.2. The SMILES string of the molecule is Cc1cnc(C2CCC2)n1CC1CCN(S(=O)(=O)c2cccs2)CC1. The van der Waals surface area contributed by atoms with Gasteiger partial charge in [-0.3, -0.25) is 0 Å². The van der Waals surface area contributed by atoms with E-state index in [9.17, 15) is 8.42 Å². The van der Waals surface area contributed by atoms with E-state index in [4.69, 9.17) is 0 Å². The van der Waals surface area contributed by atoms with E-state index in [2.05, 4.69) is 16.5 Å². The summed E-state index contributed by atoms with van der Waals surface area (Å²) < 4.78 is 29.8. The topological polar surface area (TPSA) is 55.2 Å². The van der Waals surface area contributed by atoms with Crippen molar-refractivity contribution in [2.75, 3.05) is 13.1 Å². The van der Waals surface area contributed by atoms with Gasteiger partial charge in [0.1, 0.15) is 10.0 Å². The van der Waals surface area contributed by atoms with Gasteiger partial charge in [-0.15, -0.1) is 11.3 Å². The minimum Gasteiger partial charge on any atom is -0.332 e. The van der Waals surface area contributed by atoms with E-state index >= 15 is 0 Å². The van der Waals surface area contributed by atoms with Crippen LogP contribution < -0.4 is 0 Å². The summed E-state index contributed by atoms with van der Waals surface area (Å²) in [5.41, 5.74) is 1.23. The second kappa shape index (κ2) is 6.85. The van der Waals surface area contributed by atoms with Gasteiger partial charge in [-0.05, 0) is 50.0 Å². The van der Waals surface area contributed by atoms with Crippen LogP contribution in [0.25, 0.3) is 0 Å². The second-order valence-electron chi connectivity index (χ2n) is 7.28. The molecule has 136 valence electrons. The van der Waals surface area contributed by atoms with Crippen LogP contribution in [0.3, 0.4) is 0 Å². The molecule has 0 unspecified atom stereocenters. The number of aryl methyl sites for hydroxylation is 1. The van der Waals surface area contributed by atoms with E-state index in [0.717, 1.165) is 19.4 Å². The Hall–Kier alpha value is -1.18. The van der Waals surface area contributed by atoms with Gasteiger partial charge >= 0.3 is 0 Å². The molecule has 2 aromatic rings. The van der Waals surface area contributed by atoms with Gasteiger partial charge in [0.05, 0.1) is 0 Å². The summed E-state index contributed by atoms with van der Waals surface area (Å²) in [7, 11) is -3.30. The molecule has 25 heavy (non-hydrogen) atoms. The van der Waals surface area contributed by atoms with Crippen LogP contribution in [0, 0.1) is 12.8 Å². The number of hydrogen-bond donors (Lipinski definition) is 0. The third kappa shape index (κ3) is 3.29. The highest BCUT2D eigenvalue weighted by Gasteiger charge is 2.31. The van der Waals surface area contributed by atoms with E-state index in [1.807, 2.05) is 11.6 Å². The van der Waals surface area contributed by atoms with Crippen LogP contribution in [-0.2, 0) is 16.6 Å². The van der Waals surface area contributed by atoms with Crippen molar-refractivity contribution in [3.8, 4) is 0 Å². The summed E-state index contributed by atoms with van der Waals surface area (Å²) in [4.78, 5) is 4.65. The molecule has 2 aliphatic rings. The predicted octanol–water partition coefficient (Wildman–Crippen LogP) is 3.62. The van der Waals surface area contributed by atoms with Crippen LogP contribution >= 0.6 is 11.3 Å². The van der Waals surface area contributed by atoms with E-state index in [1.54, 1.807) is 16.4 Å². The van der Waals surface area contributed by atoms with Gasteiger partial charge < -0.3 is 4.57 Å². The molecule has 2 aromatic heterocycles. The molecule has 0 bridgehead atoms. The van der Waals surface area contributed by atoms with Crippen molar-refractivity contribution in [2.24, 2.45) is 5.92 Å². The van der Waals surface area contributed by atoms with E-state index in [1.165, 1.54) is 42.1 Å². The third-order valence-electron chi connectivity index (χ3n) is 5.66. The molecule has 0 spiro atoms. The molecule has 1 aliphatic carbocycles. The standard InChI is InChI=1S/C18H25N3O2S2/c1-14-12-19-18(16-4-2-5-16)21(14)13-15-7-9-20(10-8-15)25(22,23)17-6-3-11-24-17/h3,6,11-12,15-16H,2,4-5,7-10,13H2,1H3. The van der Waals surface area contributed by atoms with Crippen molar-refractivity contribution in [2.45, 2.75) is 55.7 Å². The van der Waals surface area contributed by atoms with Crippen LogP contribution in [0.5, 0.6) is 0 Å². The van der Waals surface area contributed by atoms with Gasteiger partial charge in [-0.2, -0.15) is 4.31 Å². The Morgan fingerprint density at radius 3 is 2.60 bits per heavy atom. The second-order valence-corrected chi connectivity index (χ2v) is 10.4. The average molecular weight is 380 g/mol. The van der Waals surface area contributed by atoms with Gasteiger partial charge in [0.25, 0.3) is 10.0 Å². The molecule has 0 N–H and O–H groups in total. The average Bonchev–Trinajstić information content (AvgIpc) is 3.20. The van der Waals surface area contributed by atoms with Crippen molar-refractivity contribution in [1.29, 1.82) is 0 Å². The largest absolute Gasteiger partial charge is 0.332 e. The highest BCUT2D eigenvalue weighted by atomic mass is 32.2. The molecule has 0 aromatic carbocycles. The lowest BCUT2D eigenvalue weighted by Crippen LogP contribution is -2.39. The number of rotatable bonds is 5. The number of hydrogen-bond acceptors (Lipinski definition) is 4. The monoisotopic (exact) mass is 379 g/mol. The zero-order valence-electron chi connectivity index (χ0n) is 14.6. The molecule has 1 aliphatic heterocycles. The van der Waals surface area contributed by atoms with Gasteiger partial charge in [0, 0.05) is 37.4 Å². The lowest BCUT2D eigenvalue weighted by atomic mass is 9.84. The number of sulfonamides is 1. The quantitative estimate of drug-likeness (QED) is 0.797. The van der Waals surface area contributed by atoms with E-state index in [0.29, 0.717) is 29.1 Å². The minimum absolute atomic E-state index is 0.462. The first kappa shape index (κ1) is 17.2. The van der Waals surface area contributed by atoms with E-state index < -0.39 is 10.0 Å². The molecule has 4 rings (SSSR count). The highest BCUT2D eigenvalue weighted by Crippen LogP contribution is 2.36. The van der Waals surface area contributed by atoms with Crippen molar-refractivity contribution in [1.82, 2.24) is 13.9 Å². The van der Waals surface area contributed by atoms with Gasteiger partial charge in [-0.1, -0.05) is 12.5 Å². The molecule has 2 fully saturated rings. The Labute approximate surface area is 153 Å². The normalized spacial score (nSPS) is 20.7. The molecule has 3 heterocycles. The van der Waals surface area contributed by atoms with Crippen molar-refractivity contribution in [3.63, 3.8) is 0 Å². The molecule has 0 amide bonds. The first-order valence-electron chi connectivity index (χ1n) is 9.11. The number of imidazole rings is 1.